The van der Waals surface area contributed by atoms with E-state index >= 15 is 0 Å². The lowest BCUT2D eigenvalue weighted by molar-refractivity contribution is 0.0997. The first kappa shape index (κ1) is 11.4. The molecule has 0 heterocycles. The first-order valence-corrected chi connectivity index (χ1v) is 4.54. The van der Waals surface area contributed by atoms with Gasteiger partial charge in [0.05, 0.1) is 19.8 Å². The molecule has 0 radical (unpaired) electrons. The van der Waals surface area contributed by atoms with Crippen molar-refractivity contribution in [3.8, 4) is 11.5 Å². The molecule has 1 rings (SSSR count). The first-order chi connectivity index (χ1) is 7.02. The van der Waals surface area contributed by atoms with Crippen LogP contribution in [0.25, 0.3) is 0 Å². The standard InChI is InChI=1S/C11H15NO3/c1-6-5-8(11(12)13)10(15-4)7(2)9(6)14-3/h5H,1-4H3,(H2,12,13). The van der Waals surface area contributed by atoms with Crippen molar-refractivity contribution in [2.75, 3.05) is 14.2 Å². The largest absolute Gasteiger partial charge is 0.496 e. The van der Waals surface area contributed by atoms with Crippen LogP contribution < -0.4 is 15.2 Å². The normalized spacial score (nSPS) is 9.87. The third-order valence-corrected chi connectivity index (χ3v) is 2.32. The minimum absolute atomic E-state index is 0.383. The minimum atomic E-state index is -0.499. The molecule has 1 aromatic rings. The number of methoxy groups -OCH3 is 2. The molecule has 4 heteroatoms. The van der Waals surface area contributed by atoms with Crippen LogP contribution in [0, 0.1) is 13.8 Å². The summed E-state index contributed by atoms with van der Waals surface area (Å²) >= 11 is 0. The molecule has 0 saturated heterocycles. The van der Waals surface area contributed by atoms with Gasteiger partial charge in [0.2, 0.25) is 0 Å². The van der Waals surface area contributed by atoms with E-state index in [-0.39, 0.29) is 0 Å². The Labute approximate surface area is 89.0 Å². The van der Waals surface area contributed by atoms with E-state index in [9.17, 15) is 4.79 Å². The van der Waals surface area contributed by atoms with E-state index in [0.29, 0.717) is 11.3 Å². The van der Waals surface area contributed by atoms with Gasteiger partial charge in [0.15, 0.2) is 0 Å². The van der Waals surface area contributed by atoms with E-state index in [1.165, 1.54) is 7.11 Å². The minimum Gasteiger partial charge on any atom is -0.496 e. The molecular weight excluding hydrogens is 194 g/mol. The Morgan fingerprint density at radius 1 is 1.20 bits per heavy atom. The molecule has 15 heavy (non-hydrogen) atoms. The Kier molecular flexibility index (Phi) is 3.19. The summed E-state index contributed by atoms with van der Waals surface area (Å²) in [4.78, 5) is 11.2. The summed E-state index contributed by atoms with van der Waals surface area (Å²) in [7, 11) is 3.09. The molecule has 0 bridgehead atoms. The summed E-state index contributed by atoms with van der Waals surface area (Å²) in [6.07, 6.45) is 0. The molecule has 0 aliphatic rings. The molecular formula is C11H15NO3. The van der Waals surface area contributed by atoms with Gasteiger partial charge in [0.25, 0.3) is 5.91 Å². The van der Waals surface area contributed by atoms with Crippen molar-refractivity contribution < 1.29 is 14.3 Å². The number of carbonyl (C=O) groups is 1. The van der Waals surface area contributed by atoms with E-state index in [0.717, 1.165) is 16.9 Å². The number of ether oxygens (including phenoxy) is 2. The summed E-state index contributed by atoms with van der Waals surface area (Å²) in [5.74, 6) is 0.697. The number of carbonyl (C=O) groups excluding carboxylic acids is 1. The Hall–Kier alpha value is -1.71. The summed E-state index contributed by atoms with van der Waals surface area (Å²) in [5, 5.41) is 0. The zero-order valence-electron chi connectivity index (χ0n) is 9.38. The quantitative estimate of drug-likeness (QED) is 0.818. The average Bonchev–Trinajstić information content (AvgIpc) is 2.17. The average molecular weight is 209 g/mol. The van der Waals surface area contributed by atoms with E-state index in [4.69, 9.17) is 15.2 Å². The number of primary amides is 1. The van der Waals surface area contributed by atoms with Gasteiger partial charge in [-0.2, -0.15) is 0 Å². The van der Waals surface area contributed by atoms with Crippen LogP contribution in [0.15, 0.2) is 6.07 Å². The maximum absolute atomic E-state index is 11.2. The topological polar surface area (TPSA) is 61.5 Å². The molecule has 4 nitrogen and oxygen atoms in total. The van der Waals surface area contributed by atoms with Crippen LogP contribution in [0.4, 0.5) is 0 Å². The van der Waals surface area contributed by atoms with Crippen molar-refractivity contribution in [1.82, 2.24) is 0 Å². The third-order valence-electron chi connectivity index (χ3n) is 2.32. The second-order valence-electron chi connectivity index (χ2n) is 3.30. The highest BCUT2D eigenvalue weighted by Crippen LogP contribution is 2.34. The van der Waals surface area contributed by atoms with Gasteiger partial charge in [-0.25, -0.2) is 0 Å². The predicted molar refractivity (Wildman–Crippen MR) is 57.5 cm³/mol. The Balaban J connectivity index is 3.51. The second kappa shape index (κ2) is 4.21. The number of aryl methyl sites for hydroxylation is 1. The van der Waals surface area contributed by atoms with Gasteiger partial charge in [0, 0.05) is 5.56 Å². The van der Waals surface area contributed by atoms with Crippen molar-refractivity contribution in [2.45, 2.75) is 13.8 Å². The molecule has 0 saturated carbocycles. The number of rotatable bonds is 3. The molecule has 0 aromatic heterocycles. The Morgan fingerprint density at radius 2 is 1.73 bits per heavy atom. The van der Waals surface area contributed by atoms with Gasteiger partial charge in [-0.05, 0) is 25.5 Å². The maximum Gasteiger partial charge on any atom is 0.252 e. The van der Waals surface area contributed by atoms with Crippen LogP contribution in [0.2, 0.25) is 0 Å². The monoisotopic (exact) mass is 209 g/mol. The summed E-state index contributed by atoms with van der Waals surface area (Å²) in [6, 6.07) is 1.67. The van der Waals surface area contributed by atoms with E-state index in [2.05, 4.69) is 0 Å². The van der Waals surface area contributed by atoms with Crippen LogP contribution >= 0.6 is 0 Å². The highest BCUT2D eigenvalue weighted by Gasteiger charge is 2.17. The number of benzene rings is 1. The maximum atomic E-state index is 11.2. The van der Waals surface area contributed by atoms with Crippen molar-refractivity contribution in [3.05, 3.63) is 22.8 Å². The van der Waals surface area contributed by atoms with E-state index in [1.54, 1.807) is 13.2 Å². The molecule has 82 valence electrons. The molecule has 1 aromatic carbocycles. The fourth-order valence-electron chi connectivity index (χ4n) is 1.71. The molecule has 2 N–H and O–H groups in total. The second-order valence-corrected chi connectivity index (χ2v) is 3.30. The van der Waals surface area contributed by atoms with Gasteiger partial charge in [-0.15, -0.1) is 0 Å². The fourth-order valence-corrected chi connectivity index (χ4v) is 1.71. The van der Waals surface area contributed by atoms with Crippen LogP contribution in [0.3, 0.4) is 0 Å². The number of amides is 1. The third kappa shape index (κ3) is 1.88. The van der Waals surface area contributed by atoms with Gasteiger partial charge in [0.1, 0.15) is 11.5 Å². The Morgan fingerprint density at radius 3 is 2.13 bits per heavy atom. The van der Waals surface area contributed by atoms with Crippen molar-refractivity contribution >= 4 is 5.91 Å². The van der Waals surface area contributed by atoms with Crippen molar-refractivity contribution in [2.24, 2.45) is 5.73 Å². The SMILES string of the molecule is COc1c(C)cc(C(N)=O)c(OC)c1C. The fraction of sp³-hybridized carbons (Fsp3) is 0.364. The van der Waals surface area contributed by atoms with Crippen LogP contribution in [0.1, 0.15) is 21.5 Å². The van der Waals surface area contributed by atoms with Crippen LogP contribution in [-0.2, 0) is 0 Å². The zero-order valence-corrected chi connectivity index (χ0v) is 9.38. The summed E-state index contributed by atoms with van der Waals surface area (Å²) in [5.41, 5.74) is 7.29. The van der Waals surface area contributed by atoms with Crippen molar-refractivity contribution in [3.63, 3.8) is 0 Å². The lowest BCUT2D eigenvalue weighted by Gasteiger charge is -2.15. The van der Waals surface area contributed by atoms with Crippen LogP contribution in [0.5, 0.6) is 11.5 Å². The van der Waals surface area contributed by atoms with Crippen molar-refractivity contribution in [1.29, 1.82) is 0 Å². The summed E-state index contributed by atoms with van der Waals surface area (Å²) < 4.78 is 10.4. The lowest BCUT2D eigenvalue weighted by Crippen LogP contribution is -2.14. The molecule has 0 atom stereocenters. The molecule has 0 spiro atoms. The number of hydrogen-bond donors (Lipinski definition) is 1. The Bertz CT molecular complexity index is 399. The van der Waals surface area contributed by atoms with Crippen LogP contribution in [-0.4, -0.2) is 20.1 Å². The van der Waals surface area contributed by atoms with E-state index in [1.807, 2.05) is 13.8 Å². The molecule has 0 unspecified atom stereocenters. The van der Waals surface area contributed by atoms with Gasteiger partial charge >= 0.3 is 0 Å². The molecule has 1 amide bonds. The lowest BCUT2D eigenvalue weighted by atomic mass is 10.0. The van der Waals surface area contributed by atoms with Gasteiger partial charge in [-0.3, -0.25) is 4.79 Å². The zero-order chi connectivity index (χ0) is 11.6. The van der Waals surface area contributed by atoms with Gasteiger partial charge in [-0.1, -0.05) is 0 Å². The molecule has 0 aliphatic carbocycles. The summed E-state index contributed by atoms with van der Waals surface area (Å²) in [6.45, 7) is 3.69. The predicted octanol–water partition coefficient (Wildman–Crippen LogP) is 1.42. The molecule has 0 fully saturated rings. The highest BCUT2D eigenvalue weighted by molar-refractivity contribution is 5.96. The molecule has 0 aliphatic heterocycles. The smallest absolute Gasteiger partial charge is 0.252 e. The van der Waals surface area contributed by atoms with E-state index < -0.39 is 5.91 Å². The highest BCUT2D eigenvalue weighted by atomic mass is 16.5. The van der Waals surface area contributed by atoms with Gasteiger partial charge < -0.3 is 15.2 Å². The first-order valence-electron chi connectivity index (χ1n) is 4.54. The number of nitrogens with two attached hydrogens (primary N) is 1. The number of hydrogen-bond acceptors (Lipinski definition) is 3.